The molecule has 2 aliphatic heterocycles. The van der Waals surface area contributed by atoms with Gasteiger partial charge in [0.2, 0.25) is 5.91 Å². The summed E-state index contributed by atoms with van der Waals surface area (Å²) in [6.45, 7) is 3.72. The molecule has 3 heterocycles. The Hall–Kier alpha value is -2.15. The zero-order chi connectivity index (χ0) is 14.8. The van der Waals surface area contributed by atoms with Gasteiger partial charge in [-0.05, 0) is 6.07 Å². The van der Waals surface area contributed by atoms with E-state index in [0.29, 0.717) is 39.4 Å². The van der Waals surface area contributed by atoms with E-state index >= 15 is 0 Å². The fourth-order valence-electron chi connectivity index (χ4n) is 2.54. The number of aromatic nitrogens is 1. The van der Waals surface area contributed by atoms with Gasteiger partial charge in [0.1, 0.15) is 0 Å². The van der Waals surface area contributed by atoms with Gasteiger partial charge in [-0.2, -0.15) is 0 Å². The molecule has 0 radical (unpaired) electrons. The van der Waals surface area contributed by atoms with Crippen LogP contribution in [0.1, 0.15) is 10.4 Å². The zero-order valence-electron chi connectivity index (χ0n) is 11.6. The fraction of sp³-hybridized carbons (Fsp3) is 0.500. The molecule has 1 amide bonds. The quantitative estimate of drug-likeness (QED) is 0.849. The molecule has 0 spiro atoms. The molecule has 2 fully saturated rings. The van der Waals surface area contributed by atoms with Crippen LogP contribution >= 0.6 is 0 Å². The van der Waals surface area contributed by atoms with Gasteiger partial charge in [-0.3, -0.25) is 9.78 Å². The molecule has 1 N–H and O–H groups in total. The monoisotopic (exact) mass is 291 g/mol. The van der Waals surface area contributed by atoms with Crippen molar-refractivity contribution in [1.29, 1.82) is 0 Å². The van der Waals surface area contributed by atoms with E-state index in [1.165, 1.54) is 6.20 Å². The van der Waals surface area contributed by atoms with Crippen molar-refractivity contribution in [2.75, 3.05) is 44.3 Å². The van der Waals surface area contributed by atoms with Crippen molar-refractivity contribution in [2.45, 2.75) is 0 Å². The number of carboxylic acid groups (broad SMARTS) is 1. The van der Waals surface area contributed by atoms with E-state index < -0.39 is 5.97 Å². The number of aromatic carboxylic acids is 1. The number of anilines is 1. The van der Waals surface area contributed by atoms with Gasteiger partial charge in [-0.25, -0.2) is 4.79 Å². The van der Waals surface area contributed by atoms with Crippen LogP contribution < -0.4 is 4.90 Å². The Labute approximate surface area is 122 Å². The summed E-state index contributed by atoms with van der Waals surface area (Å²) < 4.78 is 5.05. The molecule has 112 valence electrons. The molecule has 21 heavy (non-hydrogen) atoms. The molecule has 7 nitrogen and oxygen atoms in total. The highest BCUT2D eigenvalue weighted by Gasteiger charge is 2.32. The topological polar surface area (TPSA) is 83.0 Å². The van der Waals surface area contributed by atoms with E-state index in [9.17, 15) is 9.59 Å². The maximum absolute atomic E-state index is 12.1. The Morgan fingerprint density at radius 3 is 2.48 bits per heavy atom. The van der Waals surface area contributed by atoms with Crippen LogP contribution in [0, 0.1) is 5.92 Å². The predicted molar refractivity (Wildman–Crippen MR) is 74.3 cm³/mol. The van der Waals surface area contributed by atoms with E-state index in [1.807, 2.05) is 4.90 Å². The largest absolute Gasteiger partial charge is 0.478 e. The van der Waals surface area contributed by atoms with Crippen LogP contribution in [0.3, 0.4) is 0 Å². The molecule has 0 aliphatic carbocycles. The van der Waals surface area contributed by atoms with Crippen molar-refractivity contribution in [1.82, 2.24) is 9.88 Å². The first-order valence-corrected chi connectivity index (χ1v) is 6.95. The van der Waals surface area contributed by atoms with Crippen LogP contribution in [0.4, 0.5) is 5.69 Å². The number of amides is 1. The van der Waals surface area contributed by atoms with Crippen LogP contribution in [0.15, 0.2) is 18.5 Å². The summed E-state index contributed by atoms with van der Waals surface area (Å²) in [5.74, 6) is -0.796. The summed E-state index contributed by atoms with van der Waals surface area (Å²) in [6, 6.07) is 1.62. The van der Waals surface area contributed by atoms with Crippen LogP contribution in [-0.4, -0.2) is 66.3 Å². The normalized spacial score (nSPS) is 19.2. The van der Waals surface area contributed by atoms with Crippen LogP contribution in [0.25, 0.3) is 0 Å². The number of ether oxygens (including phenoxy) is 1. The fourth-order valence-corrected chi connectivity index (χ4v) is 2.54. The van der Waals surface area contributed by atoms with Gasteiger partial charge in [0.05, 0.1) is 36.6 Å². The second-order valence-corrected chi connectivity index (χ2v) is 5.28. The molecule has 1 aromatic rings. The first-order chi connectivity index (χ1) is 10.1. The molecule has 3 rings (SSSR count). The first kappa shape index (κ1) is 13.8. The summed E-state index contributed by atoms with van der Waals surface area (Å²) in [6.07, 6.45) is 2.99. The maximum atomic E-state index is 12.1. The van der Waals surface area contributed by atoms with Gasteiger partial charge in [0.25, 0.3) is 0 Å². The van der Waals surface area contributed by atoms with Gasteiger partial charge in [-0.15, -0.1) is 0 Å². The lowest BCUT2D eigenvalue weighted by atomic mass is 10.1. The Bertz CT molecular complexity index is 551. The number of carbonyl (C=O) groups is 2. The number of carbonyl (C=O) groups excluding carboxylic acids is 1. The number of pyridine rings is 1. The highest BCUT2D eigenvalue weighted by atomic mass is 16.5. The number of hydrogen-bond acceptors (Lipinski definition) is 5. The lowest BCUT2D eigenvalue weighted by Crippen LogP contribution is -2.53. The zero-order valence-corrected chi connectivity index (χ0v) is 11.6. The third-order valence-corrected chi connectivity index (χ3v) is 3.91. The minimum absolute atomic E-state index is 0.0218. The number of hydrogen-bond donors (Lipinski definition) is 1. The second kappa shape index (κ2) is 5.69. The predicted octanol–water partition coefficient (Wildman–Crippen LogP) is 0.0748. The van der Waals surface area contributed by atoms with E-state index in [-0.39, 0.29) is 17.4 Å². The molecule has 2 aliphatic rings. The van der Waals surface area contributed by atoms with Crippen molar-refractivity contribution in [3.63, 3.8) is 0 Å². The third-order valence-electron chi connectivity index (χ3n) is 3.91. The second-order valence-electron chi connectivity index (χ2n) is 5.28. The SMILES string of the molecule is O=C(O)c1cncc(N2CCN(C(=O)C3COC3)CC2)c1. The number of rotatable bonds is 3. The molecule has 2 saturated heterocycles. The molecule has 1 aromatic heterocycles. The van der Waals surface area contributed by atoms with Crippen LogP contribution in [0.5, 0.6) is 0 Å². The minimum atomic E-state index is -0.983. The molecule has 0 saturated carbocycles. The Morgan fingerprint density at radius 1 is 1.19 bits per heavy atom. The first-order valence-electron chi connectivity index (χ1n) is 6.95. The van der Waals surface area contributed by atoms with E-state index in [1.54, 1.807) is 12.3 Å². The van der Waals surface area contributed by atoms with Crippen molar-refractivity contribution in [2.24, 2.45) is 5.92 Å². The van der Waals surface area contributed by atoms with Crippen molar-refractivity contribution < 1.29 is 19.4 Å². The Balaban J connectivity index is 1.61. The molecular formula is C14H17N3O4. The Morgan fingerprint density at radius 2 is 1.90 bits per heavy atom. The Kier molecular flexibility index (Phi) is 3.74. The molecule has 7 heteroatoms. The smallest absolute Gasteiger partial charge is 0.337 e. The van der Waals surface area contributed by atoms with Crippen LogP contribution in [-0.2, 0) is 9.53 Å². The van der Waals surface area contributed by atoms with Gasteiger partial charge >= 0.3 is 5.97 Å². The molecular weight excluding hydrogens is 274 g/mol. The summed E-state index contributed by atoms with van der Waals surface area (Å²) in [5, 5.41) is 8.99. The van der Waals surface area contributed by atoms with Crippen molar-refractivity contribution >= 4 is 17.6 Å². The minimum Gasteiger partial charge on any atom is -0.478 e. The van der Waals surface area contributed by atoms with Crippen molar-refractivity contribution in [3.05, 3.63) is 24.0 Å². The lowest BCUT2D eigenvalue weighted by Gasteiger charge is -2.38. The average molecular weight is 291 g/mol. The maximum Gasteiger partial charge on any atom is 0.337 e. The molecule has 0 bridgehead atoms. The average Bonchev–Trinajstić information content (AvgIpc) is 2.46. The van der Waals surface area contributed by atoms with E-state index in [0.717, 1.165) is 5.69 Å². The summed E-state index contributed by atoms with van der Waals surface area (Å²) in [7, 11) is 0. The standard InChI is InChI=1S/C14H17N3O4/c18-13(11-8-21-9-11)17-3-1-16(2-4-17)12-5-10(14(19)20)6-15-7-12/h5-7,11H,1-4,8-9H2,(H,19,20). The lowest BCUT2D eigenvalue weighted by molar-refractivity contribution is -0.150. The number of carboxylic acids is 1. The molecule has 0 unspecified atom stereocenters. The number of piperazine rings is 1. The van der Waals surface area contributed by atoms with Gasteiger partial charge in [-0.1, -0.05) is 0 Å². The summed E-state index contributed by atoms with van der Waals surface area (Å²) in [4.78, 5) is 31.0. The summed E-state index contributed by atoms with van der Waals surface area (Å²) in [5.41, 5.74) is 0.964. The molecule has 0 aromatic carbocycles. The highest BCUT2D eigenvalue weighted by molar-refractivity contribution is 5.88. The molecule has 0 atom stereocenters. The van der Waals surface area contributed by atoms with Gasteiger partial charge in [0, 0.05) is 32.4 Å². The summed E-state index contributed by atoms with van der Waals surface area (Å²) >= 11 is 0. The van der Waals surface area contributed by atoms with Gasteiger partial charge in [0.15, 0.2) is 0 Å². The third kappa shape index (κ3) is 2.82. The van der Waals surface area contributed by atoms with E-state index in [2.05, 4.69) is 9.88 Å². The van der Waals surface area contributed by atoms with Crippen LogP contribution in [0.2, 0.25) is 0 Å². The van der Waals surface area contributed by atoms with E-state index in [4.69, 9.17) is 9.84 Å². The van der Waals surface area contributed by atoms with Gasteiger partial charge < -0.3 is 19.6 Å². The highest BCUT2D eigenvalue weighted by Crippen LogP contribution is 2.19. The van der Waals surface area contributed by atoms with Crippen molar-refractivity contribution in [3.8, 4) is 0 Å². The number of nitrogens with zero attached hydrogens (tertiary/aromatic N) is 3.